The molecule has 1 aliphatic rings. The minimum atomic E-state index is -0.345. The molecule has 0 aliphatic carbocycles. The Hall–Kier alpha value is -4.26. The van der Waals surface area contributed by atoms with Gasteiger partial charge in [0, 0.05) is 17.2 Å². The zero-order chi connectivity index (χ0) is 29.6. The molecule has 1 aromatic heterocycles. The second-order valence-electron chi connectivity index (χ2n) is 11.4. The molecule has 0 spiro atoms. The van der Waals surface area contributed by atoms with Gasteiger partial charge in [-0.1, -0.05) is 127 Å². The number of nitrogens with zero attached hydrogens (tertiary/aromatic N) is 1. The van der Waals surface area contributed by atoms with Crippen molar-refractivity contribution in [2.45, 2.75) is 50.8 Å². The van der Waals surface area contributed by atoms with Gasteiger partial charge in [-0.3, -0.25) is 0 Å². The zero-order valence-corrected chi connectivity index (χ0v) is 24.7. The maximum Gasteiger partial charge on any atom is 0.137 e. The molecule has 1 saturated heterocycles. The molecule has 0 unspecified atom stereocenters. The number of hydrogen-bond acceptors (Lipinski definition) is 4. The first kappa shape index (κ1) is 28.5. The van der Waals surface area contributed by atoms with Crippen LogP contribution < -0.4 is 0 Å². The van der Waals surface area contributed by atoms with Crippen molar-refractivity contribution in [2.75, 3.05) is 6.61 Å². The summed E-state index contributed by atoms with van der Waals surface area (Å²) in [5, 5.41) is 2.43. The lowest BCUT2D eigenvalue weighted by atomic mass is 9.99. The zero-order valence-electron chi connectivity index (χ0n) is 24.7. The Morgan fingerprint density at radius 1 is 0.545 bits per heavy atom. The summed E-state index contributed by atoms with van der Waals surface area (Å²) in [6, 6.07) is 48.0. The van der Waals surface area contributed by atoms with Crippen LogP contribution in [-0.4, -0.2) is 29.5 Å². The molecule has 5 aromatic carbocycles. The second kappa shape index (κ2) is 13.6. The third-order valence-electron chi connectivity index (χ3n) is 8.39. The normalized spacial score (nSPS) is 20.3. The number of benzene rings is 5. The fourth-order valence-electron chi connectivity index (χ4n) is 6.26. The summed E-state index contributed by atoms with van der Waals surface area (Å²) in [6.07, 6.45) is -0.504. The maximum absolute atomic E-state index is 7.00. The van der Waals surface area contributed by atoms with Crippen molar-refractivity contribution in [3.05, 3.63) is 156 Å². The van der Waals surface area contributed by atoms with Gasteiger partial charge in [0.15, 0.2) is 0 Å². The lowest BCUT2D eigenvalue weighted by Crippen LogP contribution is -2.51. The van der Waals surface area contributed by atoms with E-state index in [-0.39, 0.29) is 24.5 Å². The van der Waals surface area contributed by atoms with E-state index in [1.807, 2.05) is 54.6 Å². The van der Waals surface area contributed by atoms with Crippen LogP contribution in [0.15, 0.2) is 140 Å². The van der Waals surface area contributed by atoms with E-state index in [2.05, 4.69) is 89.5 Å². The number of hydrogen-bond donors (Lipinski definition) is 0. The average Bonchev–Trinajstić information content (AvgIpc) is 3.42. The number of fused-ring (bicyclic) bond motifs is 3. The molecule has 4 atom stereocenters. The van der Waals surface area contributed by atoms with Crippen LogP contribution in [0.2, 0.25) is 0 Å². The topological polar surface area (TPSA) is 41.9 Å². The van der Waals surface area contributed by atoms with E-state index < -0.39 is 0 Å². The third kappa shape index (κ3) is 6.33. The van der Waals surface area contributed by atoms with E-state index in [0.29, 0.717) is 32.8 Å². The average molecular weight is 584 g/mol. The highest BCUT2D eigenvalue weighted by molar-refractivity contribution is 6.08. The highest BCUT2D eigenvalue weighted by Crippen LogP contribution is 2.39. The maximum atomic E-state index is 7.00. The Bertz CT molecular complexity index is 1720. The molecular weight excluding hydrogens is 546 g/mol. The molecule has 0 saturated carbocycles. The fraction of sp³-hybridized carbons (Fsp3) is 0.231. The molecule has 1 fully saturated rings. The molecule has 0 bridgehead atoms. The Labute approximate surface area is 258 Å². The van der Waals surface area contributed by atoms with Crippen LogP contribution in [0, 0.1) is 0 Å². The summed E-state index contributed by atoms with van der Waals surface area (Å²) in [7, 11) is 0. The van der Waals surface area contributed by atoms with Crippen LogP contribution in [-0.2, 0) is 38.8 Å². The summed E-state index contributed by atoms with van der Waals surface area (Å²) in [5.41, 5.74) is 5.66. The molecule has 5 nitrogen and oxygen atoms in total. The first-order chi connectivity index (χ1) is 21.8. The number of ether oxygens (including phenoxy) is 4. The molecule has 222 valence electrons. The summed E-state index contributed by atoms with van der Waals surface area (Å²) in [4.78, 5) is 0. The quantitative estimate of drug-likeness (QED) is 0.153. The standard InChI is InChI=1S/C39H37NO4/c1-4-14-29(15-5-1)25-41-28-37-39(43-27-31-18-8-3-9-19-31)36(42-26-30-16-6-2-7-17-30)24-38(44-37)40-34-22-12-10-20-32(34)33-21-11-13-23-35(33)40/h1-23,36-39H,24-28H2/t36-,37-,38-,39+/m1/s1. The second-order valence-corrected chi connectivity index (χ2v) is 11.4. The van der Waals surface area contributed by atoms with Gasteiger partial charge >= 0.3 is 0 Å². The van der Waals surface area contributed by atoms with Gasteiger partial charge in [0.1, 0.15) is 18.4 Å². The summed E-state index contributed by atoms with van der Waals surface area (Å²) in [6.45, 7) is 1.85. The van der Waals surface area contributed by atoms with Gasteiger partial charge in [0.2, 0.25) is 0 Å². The Balaban J connectivity index is 1.23. The highest BCUT2D eigenvalue weighted by atomic mass is 16.6. The SMILES string of the molecule is c1ccc(COC[C@H]2O[C@@H](n3c4ccccc4c4ccccc43)C[C@@H](OCc3ccccc3)[C@@H]2OCc2ccccc2)cc1. The molecular formula is C39H37NO4. The molecule has 2 heterocycles. The van der Waals surface area contributed by atoms with Gasteiger partial charge in [-0.25, -0.2) is 0 Å². The molecule has 0 N–H and O–H groups in total. The van der Waals surface area contributed by atoms with E-state index >= 15 is 0 Å². The van der Waals surface area contributed by atoms with Gasteiger partial charge in [-0.2, -0.15) is 0 Å². The molecule has 5 heteroatoms. The molecule has 1 aliphatic heterocycles. The predicted molar refractivity (Wildman–Crippen MR) is 174 cm³/mol. The number of rotatable bonds is 11. The van der Waals surface area contributed by atoms with Gasteiger partial charge in [0.25, 0.3) is 0 Å². The predicted octanol–water partition coefficient (Wildman–Crippen LogP) is 8.47. The molecule has 7 rings (SSSR count). The Morgan fingerprint density at radius 3 is 1.59 bits per heavy atom. The van der Waals surface area contributed by atoms with Crippen LogP contribution in [0.25, 0.3) is 21.8 Å². The van der Waals surface area contributed by atoms with E-state index in [4.69, 9.17) is 18.9 Å². The molecule has 6 aromatic rings. The minimum Gasteiger partial charge on any atom is -0.374 e. The summed E-state index contributed by atoms with van der Waals surface area (Å²) in [5.74, 6) is 0. The van der Waals surface area contributed by atoms with Crippen molar-refractivity contribution >= 4 is 21.8 Å². The van der Waals surface area contributed by atoms with Crippen LogP contribution in [0.3, 0.4) is 0 Å². The van der Waals surface area contributed by atoms with Crippen molar-refractivity contribution < 1.29 is 18.9 Å². The molecule has 0 amide bonds. The summed E-state index contributed by atoms with van der Waals surface area (Å²) < 4.78 is 29.1. The molecule has 0 radical (unpaired) electrons. The van der Waals surface area contributed by atoms with Gasteiger partial charge in [0.05, 0.1) is 43.6 Å². The van der Waals surface area contributed by atoms with Crippen LogP contribution in [0.4, 0.5) is 0 Å². The van der Waals surface area contributed by atoms with E-state index in [9.17, 15) is 0 Å². The van der Waals surface area contributed by atoms with Crippen LogP contribution >= 0.6 is 0 Å². The van der Waals surface area contributed by atoms with Crippen molar-refractivity contribution in [1.82, 2.24) is 4.57 Å². The van der Waals surface area contributed by atoms with Crippen molar-refractivity contribution in [2.24, 2.45) is 0 Å². The monoisotopic (exact) mass is 583 g/mol. The van der Waals surface area contributed by atoms with Gasteiger partial charge in [-0.15, -0.1) is 0 Å². The Kier molecular flexibility index (Phi) is 8.80. The van der Waals surface area contributed by atoms with Crippen molar-refractivity contribution in [3.63, 3.8) is 0 Å². The van der Waals surface area contributed by atoms with Crippen LogP contribution in [0.5, 0.6) is 0 Å². The Morgan fingerprint density at radius 2 is 1.02 bits per heavy atom. The number of para-hydroxylation sites is 2. The lowest BCUT2D eigenvalue weighted by Gasteiger charge is -2.42. The summed E-state index contributed by atoms with van der Waals surface area (Å²) >= 11 is 0. The van der Waals surface area contributed by atoms with Gasteiger partial charge < -0.3 is 23.5 Å². The minimum absolute atomic E-state index is 0.220. The van der Waals surface area contributed by atoms with E-state index in [1.54, 1.807) is 0 Å². The third-order valence-corrected chi connectivity index (χ3v) is 8.39. The smallest absolute Gasteiger partial charge is 0.137 e. The van der Waals surface area contributed by atoms with Crippen molar-refractivity contribution in [3.8, 4) is 0 Å². The van der Waals surface area contributed by atoms with E-state index in [1.165, 1.54) is 10.8 Å². The lowest BCUT2D eigenvalue weighted by molar-refractivity contribution is -0.235. The van der Waals surface area contributed by atoms with E-state index in [0.717, 1.165) is 27.7 Å². The molecule has 44 heavy (non-hydrogen) atoms. The van der Waals surface area contributed by atoms with Crippen LogP contribution in [0.1, 0.15) is 29.3 Å². The van der Waals surface area contributed by atoms with Gasteiger partial charge in [-0.05, 0) is 28.8 Å². The first-order valence-corrected chi connectivity index (χ1v) is 15.4. The largest absolute Gasteiger partial charge is 0.374 e. The first-order valence-electron chi connectivity index (χ1n) is 15.4. The fourth-order valence-corrected chi connectivity index (χ4v) is 6.26. The van der Waals surface area contributed by atoms with Crippen molar-refractivity contribution in [1.29, 1.82) is 0 Å². The highest BCUT2D eigenvalue weighted by Gasteiger charge is 2.42. The number of aromatic nitrogens is 1.